The lowest BCUT2D eigenvalue weighted by molar-refractivity contribution is -0.138. The van der Waals surface area contributed by atoms with Gasteiger partial charge in [-0.25, -0.2) is 13.6 Å². The largest absolute Gasteiger partial charge is 0.478 e. The number of morpholine rings is 1. The minimum absolute atomic E-state index is 0.0486. The first kappa shape index (κ1) is 18.0. The molecule has 2 aromatic rings. The van der Waals surface area contributed by atoms with Gasteiger partial charge in [0.05, 0.1) is 25.1 Å². The number of hydrogen-bond donors (Lipinski definition) is 1. The van der Waals surface area contributed by atoms with Crippen LogP contribution >= 0.6 is 0 Å². The number of halogens is 2. The van der Waals surface area contributed by atoms with Crippen molar-refractivity contribution in [3.63, 3.8) is 0 Å². The molecule has 1 aliphatic heterocycles. The fourth-order valence-electron chi connectivity index (χ4n) is 2.95. The van der Waals surface area contributed by atoms with E-state index in [1.165, 1.54) is 12.1 Å². The van der Waals surface area contributed by atoms with E-state index in [2.05, 4.69) is 0 Å². The van der Waals surface area contributed by atoms with E-state index in [1.54, 1.807) is 23.1 Å². The van der Waals surface area contributed by atoms with Crippen molar-refractivity contribution in [2.45, 2.75) is 12.5 Å². The number of carbonyl (C=O) groups excluding carboxylic acids is 1. The van der Waals surface area contributed by atoms with Gasteiger partial charge in [0, 0.05) is 6.54 Å². The van der Waals surface area contributed by atoms with Crippen molar-refractivity contribution in [3.05, 3.63) is 70.8 Å². The van der Waals surface area contributed by atoms with Crippen molar-refractivity contribution in [2.75, 3.05) is 19.7 Å². The monoisotopic (exact) mass is 361 g/mol. The van der Waals surface area contributed by atoms with Gasteiger partial charge in [-0.15, -0.1) is 0 Å². The summed E-state index contributed by atoms with van der Waals surface area (Å²) in [6.45, 7) is 0.809. The third-order valence-electron chi connectivity index (χ3n) is 4.32. The Bertz CT molecular complexity index is 840. The highest BCUT2D eigenvalue weighted by atomic mass is 19.2. The third-order valence-corrected chi connectivity index (χ3v) is 4.32. The van der Waals surface area contributed by atoms with Crippen molar-refractivity contribution in [1.29, 1.82) is 0 Å². The fourth-order valence-corrected chi connectivity index (χ4v) is 2.95. The summed E-state index contributed by atoms with van der Waals surface area (Å²) in [6, 6.07) is 9.86. The number of ether oxygens (including phenoxy) is 1. The first-order chi connectivity index (χ1) is 12.5. The maximum atomic E-state index is 13.4. The Morgan fingerprint density at radius 1 is 1.15 bits per heavy atom. The predicted octanol–water partition coefficient (Wildman–Crippen LogP) is 2.81. The lowest BCUT2D eigenvalue weighted by Crippen LogP contribution is -2.43. The lowest BCUT2D eigenvalue weighted by atomic mass is 10.0. The van der Waals surface area contributed by atoms with Crippen LogP contribution < -0.4 is 0 Å². The summed E-state index contributed by atoms with van der Waals surface area (Å²) < 4.78 is 32.1. The van der Waals surface area contributed by atoms with E-state index in [0.717, 1.165) is 12.1 Å². The van der Waals surface area contributed by atoms with Crippen LogP contribution in [0.25, 0.3) is 0 Å². The van der Waals surface area contributed by atoms with Gasteiger partial charge >= 0.3 is 5.97 Å². The standard InChI is InChI=1S/C19H17F2NO4/c20-15-6-5-13(9-16(15)21)17-11-22(7-8-26-17)18(23)10-12-3-1-2-4-14(12)19(24)25/h1-6,9,17H,7-8,10-11H2,(H,24,25). The number of hydrogen-bond acceptors (Lipinski definition) is 3. The highest BCUT2D eigenvalue weighted by molar-refractivity contribution is 5.91. The molecule has 0 bridgehead atoms. The Balaban J connectivity index is 1.72. The van der Waals surface area contributed by atoms with Crippen LogP contribution in [0, 0.1) is 11.6 Å². The molecular formula is C19H17F2NO4. The summed E-state index contributed by atoms with van der Waals surface area (Å²) >= 11 is 0. The molecule has 1 N–H and O–H groups in total. The average molecular weight is 361 g/mol. The zero-order valence-electron chi connectivity index (χ0n) is 13.8. The summed E-state index contributed by atoms with van der Waals surface area (Å²) in [5.74, 6) is -3.24. The van der Waals surface area contributed by atoms with Crippen LogP contribution in [0.5, 0.6) is 0 Å². The number of nitrogens with zero attached hydrogens (tertiary/aromatic N) is 1. The SMILES string of the molecule is O=C(O)c1ccccc1CC(=O)N1CCOC(c2ccc(F)c(F)c2)C1. The van der Waals surface area contributed by atoms with Crippen LogP contribution in [0.1, 0.15) is 27.6 Å². The number of aromatic carboxylic acids is 1. The van der Waals surface area contributed by atoms with E-state index >= 15 is 0 Å². The first-order valence-corrected chi connectivity index (χ1v) is 8.11. The third kappa shape index (κ3) is 3.88. The number of rotatable bonds is 4. The van der Waals surface area contributed by atoms with Crippen molar-refractivity contribution in [3.8, 4) is 0 Å². The second-order valence-corrected chi connectivity index (χ2v) is 6.01. The van der Waals surface area contributed by atoms with Gasteiger partial charge in [-0.1, -0.05) is 24.3 Å². The molecule has 1 heterocycles. The van der Waals surface area contributed by atoms with Gasteiger partial charge in [-0.05, 0) is 29.3 Å². The van der Waals surface area contributed by atoms with E-state index in [-0.39, 0.29) is 31.0 Å². The molecule has 1 aliphatic rings. The predicted molar refractivity (Wildman–Crippen MR) is 88.7 cm³/mol. The zero-order chi connectivity index (χ0) is 18.7. The molecule has 1 atom stereocenters. The topological polar surface area (TPSA) is 66.8 Å². The molecular weight excluding hydrogens is 344 g/mol. The Labute approximate surface area is 148 Å². The maximum Gasteiger partial charge on any atom is 0.335 e. The van der Waals surface area contributed by atoms with Crippen molar-refractivity contribution in [2.24, 2.45) is 0 Å². The summed E-state index contributed by atoms with van der Waals surface area (Å²) in [6.07, 6.45) is -0.606. The number of carboxylic acid groups (broad SMARTS) is 1. The Kier molecular flexibility index (Phi) is 5.27. The second-order valence-electron chi connectivity index (χ2n) is 6.01. The summed E-state index contributed by atoms with van der Waals surface area (Å²) in [4.78, 5) is 25.4. The van der Waals surface area contributed by atoms with Crippen molar-refractivity contribution in [1.82, 2.24) is 4.90 Å². The molecule has 1 fully saturated rings. The number of amides is 1. The van der Waals surface area contributed by atoms with Crippen LogP contribution in [0.3, 0.4) is 0 Å². The van der Waals surface area contributed by atoms with E-state index < -0.39 is 23.7 Å². The van der Waals surface area contributed by atoms with Gasteiger partial charge in [-0.2, -0.15) is 0 Å². The van der Waals surface area contributed by atoms with Gasteiger partial charge in [0.1, 0.15) is 6.10 Å². The van der Waals surface area contributed by atoms with Gasteiger partial charge in [0.25, 0.3) is 0 Å². The minimum atomic E-state index is -1.09. The quantitative estimate of drug-likeness (QED) is 0.909. The van der Waals surface area contributed by atoms with Crippen LogP contribution in [-0.4, -0.2) is 41.6 Å². The first-order valence-electron chi connectivity index (χ1n) is 8.11. The van der Waals surface area contributed by atoms with Crippen LogP contribution in [-0.2, 0) is 16.0 Å². The molecule has 0 spiro atoms. The highest BCUT2D eigenvalue weighted by Gasteiger charge is 2.26. The molecule has 26 heavy (non-hydrogen) atoms. The molecule has 1 amide bonds. The van der Waals surface area contributed by atoms with Crippen molar-refractivity contribution >= 4 is 11.9 Å². The van der Waals surface area contributed by atoms with E-state index in [0.29, 0.717) is 17.7 Å². The fraction of sp³-hybridized carbons (Fsp3) is 0.263. The zero-order valence-corrected chi connectivity index (χ0v) is 13.8. The molecule has 0 aromatic heterocycles. The molecule has 1 unspecified atom stereocenters. The number of benzene rings is 2. The minimum Gasteiger partial charge on any atom is -0.478 e. The molecule has 1 saturated heterocycles. The van der Waals surface area contributed by atoms with E-state index in [9.17, 15) is 23.5 Å². The van der Waals surface area contributed by atoms with Crippen LogP contribution in [0.2, 0.25) is 0 Å². The van der Waals surface area contributed by atoms with Gasteiger partial charge in [0.15, 0.2) is 11.6 Å². The van der Waals surface area contributed by atoms with Gasteiger partial charge in [0.2, 0.25) is 5.91 Å². The summed E-state index contributed by atoms with van der Waals surface area (Å²) in [5.41, 5.74) is 0.972. The van der Waals surface area contributed by atoms with E-state index in [1.807, 2.05) is 0 Å². The molecule has 0 saturated carbocycles. The highest BCUT2D eigenvalue weighted by Crippen LogP contribution is 2.24. The molecule has 0 aliphatic carbocycles. The molecule has 136 valence electrons. The van der Waals surface area contributed by atoms with Crippen LogP contribution in [0.4, 0.5) is 8.78 Å². The Morgan fingerprint density at radius 2 is 1.92 bits per heavy atom. The molecule has 3 rings (SSSR count). The van der Waals surface area contributed by atoms with E-state index in [4.69, 9.17) is 4.74 Å². The van der Waals surface area contributed by atoms with Crippen molar-refractivity contribution < 1.29 is 28.2 Å². The Hall–Kier alpha value is -2.80. The second kappa shape index (κ2) is 7.61. The molecule has 5 nitrogen and oxygen atoms in total. The summed E-state index contributed by atoms with van der Waals surface area (Å²) in [7, 11) is 0. The number of carbonyl (C=O) groups is 2. The maximum absolute atomic E-state index is 13.4. The summed E-state index contributed by atoms with van der Waals surface area (Å²) in [5, 5.41) is 9.22. The lowest BCUT2D eigenvalue weighted by Gasteiger charge is -2.33. The average Bonchev–Trinajstić information content (AvgIpc) is 2.64. The van der Waals surface area contributed by atoms with Gasteiger partial charge < -0.3 is 14.7 Å². The molecule has 7 heteroatoms. The normalized spacial score (nSPS) is 17.2. The molecule has 0 radical (unpaired) electrons. The van der Waals surface area contributed by atoms with Gasteiger partial charge in [-0.3, -0.25) is 4.79 Å². The smallest absolute Gasteiger partial charge is 0.335 e. The molecule has 2 aromatic carbocycles. The number of carboxylic acids is 1. The Morgan fingerprint density at radius 3 is 2.65 bits per heavy atom. The van der Waals surface area contributed by atoms with Crippen LogP contribution in [0.15, 0.2) is 42.5 Å².